The Hall–Kier alpha value is -1.10. The van der Waals surface area contributed by atoms with E-state index in [0.29, 0.717) is 6.42 Å². The smallest absolute Gasteiger partial charge is 0.128 e. The molecule has 1 unspecified atom stereocenters. The first-order valence-electron chi connectivity index (χ1n) is 6.43. The summed E-state index contributed by atoms with van der Waals surface area (Å²) in [5, 5.41) is 2.81. The molecule has 0 aromatic carbocycles. The number of hydrogen-bond donors (Lipinski definition) is 1. The van der Waals surface area contributed by atoms with Gasteiger partial charge in [-0.25, -0.2) is 0 Å². The molecular formula is C15H19ClN2OS. The first kappa shape index (κ1) is 15.3. The van der Waals surface area contributed by atoms with Gasteiger partial charge < -0.3 is 10.5 Å². The molecule has 0 radical (unpaired) electrons. The van der Waals surface area contributed by atoms with Crippen LogP contribution >= 0.6 is 22.9 Å². The third kappa shape index (κ3) is 2.82. The Morgan fingerprint density at radius 3 is 2.60 bits per heavy atom. The van der Waals surface area contributed by atoms with Crippen LogP contribution in [0.15, 0.2) is 11.6 Å². The molecule has 0 aliphatic rings. The molecule has 5 heteroatoms. The molecule has 2 aromatic rings. The molecule has 2 rings (SSSR count). The molecule has 20 heavy (non-hydrogen) atoms. The highest BCUT2D eigenvalue weighted by molar-refractivity contribution is 7.10. The Balaban J connectivity index is 2.28. The van der Waals surface area contributed by atoms with Crippen molar-refractivity contribution in [3.63, 3.8) is 0 Å². The van der Waals surface area contributed by atoms with E-state index in [0.717, 1.165) is 38.0 Å². The van der Waals surface area contributed by atoms with E-state index < -0.39 is 0 Å². The van der Waals surface area contributed by atoms with Gasteiger partial charge in [-0.1, -0.05) is 11.6 Å². The summed E-state index contributed by atoms with van der Waals surface area (Å²) >= 11 is 7.89. The fourth-order valence-electron chi connectivity index (χ4n) is 2.28. The van der Waals surface area contributed by atoms with Crippen LogP contribution in [-0.4, -0.2) is 12.1 Å². The molecule has 2 N–H and O–H groups in total. The van der Waals surface area contributed by atoms with Gasteiger partial charge in [-0.15, -0.1) is 11.3 Å². The first-order valence-corrected chi connectivity index (χ1v) is 7.69. The third-order valence-corrected chi connectivity index (χ3v) is 5.27. The van der Waals surface area contributed by atoms with Crippen molar-refractivity contribution in [3.8, 4) is 5.75 Å². The van der Waals surface area contributed by atoms with Crippen LogP contribution in [-0.2, 0) is 6.42 Å². The number of thiophene rings is 1. The van der Waals surface area contributed by atoms with E-state index in [-0.39, 0.29) is 6.04 Å². The zero-order valence-electron chi connectivity index (χ0n) is 12.2. The summed E-state index contributed by atoms with van der Waals surface area (Å²) in [6, 6.07) is -0.139. The SMILES string of the molecule is COc1c(C)cnc(CC(N)c2scc(C)c2Cl)c1C. The molecule has 0 amide bonds. The summed E-state index contributed by atoms with van der Waals surface area (Å²) in [4.78, 5) is 5.51. The molecule has 108 valence electrons. The molecule has 0 bridgehead atoms. The van der Waals surface area contributed by atoms with Gasteiger partial charge >= 0.3 is 0 Å². The number of ether oxygens (including phenoxy) is 1. The van der Waals surface area contributed by atoms with E-state index >= 15 is 0 Å². The van der Waals surface area contributed by atoms with E-state index in [4.69, 9.17) is 22.1 Å². The highest BCUT2D eigenvalue weighted by atomic mass is 35.5. The number of nitrogens with zero attached hydrogens (tertiary/aromatic N) is 1. The lowest BCUT2D eigenvalue weighted by molar-refractivity contribution is 0.406. The number of nitrogens with two attached hydrogens (primary N) is 1. The summed E-state index contributed by atoms with van der Waals surface area (Å²) < 4.78 is 5.43. The summed E-state index contributed by atoms with van der Waals surface area (Å²) in [6.07, 6.45) is 2.48. The van der Waals surface area contributed by atoms with Gasteiger partial charge in [0.15, 0.2) is 0 Å². The number of rotatable bonds is 4. The second kappa shape index (κ2) is 6.12. The van der Waals surface area contributed by atoms with Crippen molar-refractivity contribution in [1.82, 2.24) is 4.98 Å². The molecule has 1 atom stereocenters. The Labute approximate surface area is 128 Å². The molecule has 0 saturated carbocycles. The maximum absolute atomic E-state index is 6.28. The van der Waals surface area contributed by atoms with Crippen LogP contribution in [0.5, 0.6) is 5.75 Å². The number of halogens is 1. The van der Waals surface area contributed by atoms with Crippen molar-refractivity contribution in [3.05, 3.63) is 43.9 Å². The van der Waals surface area contributed by atoms with Gasteiger partial charge in [0.1, 0.15) is 5.75 Å². The minimum absolute atomic E-state index is 0.139. The third-order valence-electron chi connectivity index (χ3n) is 3.43. The standard InChI is InChI=1S/C15H19ClN2OS/c1-8-6-18-12(10(3)14(8)19-4)5-11(17)15-13(16)9(2)7-20-15/h6-7,11H,5,17H2,1-4H3. The second-order valence-electron chi connectivity index (χ2n) is 4.95. The van der Waals surface area contributed by atoms with Gasteiger partial charge in [0.05, 0.1) is 12.1 Å². The zero-order chi connectivity index (χ0) is 14.9. The minimum atomic E-state index is -0.139. The zero-order valence-corrected chi connectivity index (χ0v) is 13.7. The van der Waals surface area contributed by atoms with E-state index in [1.54, 1.807) is 18.4 Å². The van der Waals surface area contributed by atoms with Crippen LogP contribution in [0.25, 0.3) is 0 Å². The molecule has 3 nitrogen and oxygen atoms in total. The van der Waals surface area contributed by atoms with Gasteiger partial charge in [0.2, 0.25) is 0 Å². The van der Waals surface area contributed by atoms with Gasteiger partial charge in [0, 0.05) is 40.4 Å². The molecule has 0 saturated heterocycles. The van der Waals surface area contributed by atoms with Crippen LogP contribution < -0.4 is 10.5 Å². The second-order valence-corrected chi connectivity index (χ2v) is 6.24. The summed E-state index contributed by atoms with van der Waals surface area (Å²) in [7, 11) is 1.68. The van der Waals surface area contributed by atoms with Crippen LogP contribution in [0.1, 0.15) is 33.3 Å². The average Bonchev–Trinajstić information content (AvgIpc) is 2.74. The number of aryl methyl sites for hydroxylation is 2. The summed E-state index contributed by atoms with van der Waals surface area (Å²) in [6.45, 7) is 6.00. The van der Waals surface area contributed by atoms with Crippen LogP contribution in [0.3, 0.4) is 0 Å². The van der Waals surface area contributed by atoms with Crippen LogP contribution in [0.4, 0.5) is 0 Å². The Morgan fingerprint density at radius 1 is 1.35 bits per heavy atom. The van der Waals surface area contributed by atoms with Crippen LogP contribution in [0, 0.1) is 20.8 Å². The van der Waals surface area contributed by atoms with Crippen molar-refractivity contribution in [2.24, 2.45) is 5.73 Å². The van der Waals surface area contributed by atoms with Crippen molar-refractivity contribution >= 4 is 22.9 Å². The normalized spacial score (nSPS) is 12.5. The summed E-state index contributed by atoms with van der Waals surface area (Å²) in [5.74, 6) is 0.885. The van der Waals surface area contributed by atoms with Crippen LogP contribution in [0.2, 0.25) is 5.02 Å². The molecule has 2 heterocycles. The Bertz CT molecular complexity index is 625. The summed E-state index contributed by atoms with van der Waals surface area (Å²) in [5.41, 5.74) is 10.4. The minimum Gasteiger partial charge on any atom is -0.496 e. The predicted molar refractivity (Wildman–Crippen MR) is 85.0 cm³/mol. The van der Waals surface area contributed by atoms with Gasteiger partial charge in [-0.3, -0.25) is 4.98 Å². The highest BCUT2D eigenvalue weighted by Crippen LogP contribution is 2.34. The molecular weight excluding hydrogens is 292 g/mol. The monoisotopic (exact) mass is 310 g/mol. The van der Waals surface area contributed by atoms with Gasteiger partial charge in [-0.2, -0.15) is 0 Å². The topological polar surface area (TPSA) is 48.1 Å². The molecule has 2 aromatic heterocycles. The number of pyridine rings is 1. The first-order chi connectivity index (χ1) is 9.45. The molecule has 0 fully saturated rings. The number of aromatic nitrogens is 1. The largest absolute Gasteiger partial charge is 0.496 e. The highest BCUT2D eigenvalue weighted by Gasteiger charge is 2.18. The van der Waals surface area contributed by atoms with E-state index in [9.17, 15) is 0 Å². The van der Waals surface area contributed by atoms with Crippen molar-refractivity contribution in [2.45, 2.75) is 33.2 Å². The lowest BCUT2D eigenvalue weighted by Gasteiger charge is -2.15. The van der Waals surface area contributed by atoms with Crippen molar-refractivity contribution in [2.75, 3.05) is 7.11 Å². The molecule has 0 aliphatic carbocycles. The lowest BCUT2D eigenvalue weighted by atomic mass is 10.0. The van der Waals surface area contributed by atoms with E-state index in [1.807, 2.05) is 32.3 Å². The van der Waals surface area contributed by atoms with E-state index in [2.05, 4.69) is 4.98 Å². The fraction of sp³-hybridized carbons (Fsp3) is 0.400. The molecule has 0 aliphatic heterocycles. The average molecular weight is 311 g/mol. The van der Waals surface area contributed by atoms with Gasteiger partial charge in [-0.05, 0) is 31.7 Å². The molecule has 0 spiro atoms. The van der Waals surface area contributed by atoms with Crippen molar-refractivity contribution < 1.29 is 4.74 Å². The van der Waals surface area contributed by atoms with Gasteiger partial charge in [0.25, 0.3) is 0 Å². The fourth-order valence-corrected chi connectivity index (χ4v) is 3.61. The maximum Gasteiger partial charge on any atom is 0.128 e. The van der Waals surface area contributed by atoms with E-state index in [1.165, 1.54) is 0 Å². The lowest BCUT2D eigenvalue weighted by Crippen LogP contribution is -2.14. The Morgan fingerprint density at radius 2 is 2.05 bits per heavy atom. The quantitative estimate of drug-likeness (QED) is 0.929. The number of methoxy groups -OCH3 is 1. The number of hydrogen-bond acceptors (Lipinski definition) is 4. The maximum atomic E-state index is 6.28. The predicted octanol–water partition coefficient (Wildman–Crippen LogP) is 3.97. The Kier molecular flexibility index (Phi) is 4.68. The van der Waals surface area contributed by atoms with Crippen molar-refractivity contribution in [1.29, 1.82) is 0 Å².